The fourth-order valence-electron chi connectivity index (χ4n) is 2.23. The molecule has 2 unspecified atom stereocenters. The molecule has 0 aromatic heterocycles. The summed E-state index contributed by atoms with van der Waals surface area (Å²) in [6.07, 6.45) is 1.29. The van der Waals surface area contributed by atoms with Crippen molar-refractivity contribution in [1.82, 2.24) is 10.2 Å². The minimum atomic E-state index is -3.38. The summed E-state index contributed by atoms with van der Waals surface area (Å²) in [6.45, 7) is 3.38. The summed E-state index contributed by atoms with van der Waals surface area (Å²) in [4.78, 5) is 36.4. The van der Waals surface area contributed by atoms with E-state index in [1.54, 1.807) is 13.8 Å². The number of hydrogen-bond acceptors (Lipinski definition) is 5. The van der Waals surface area contributed by atoms with Crippen molar-refractivity contribution < 1.29 is 22.8 Å². The van der Waals surface area contributed by atoms with E-state index in [1.807, 2.05) is 0 Å². The molecule has 1 saturated heterocycles. The average Bonchev–Trinajstić information content (AvgIpc) is 2.57. The SMILES string of the molecule is CC(C)C1C(=O)NC(=O)N(C2C=CS(=O)(=O)C2)C1=O. The molecule has 1 N–H and O–H groups in total. The largest absolute Gasteiger partial charge is 0.331 e. The molecule has 2 rings (SSSR count). The first kappa shape index (κ1) is 13.7. The van der Waals surface area contributed by atoms with Gasteiger partial charge in [-0.3, -0.25) is 19.8 Å². The van der Waals surface area contributed by atoms with Gasteiger partial charge in [0.2, 0.25) is 11.8 Å². The monoisotopic (exact) mass is 286 g/mol. The molecule has 2 atom stereocenters. The van der Waals surface area contributed by atoms with Crippen LogP contribution in [0.3, 0.4) is 0 Å². The van der Waals surface area contributed by atoms with E-state index in [4.69, 9.17) is 0 Å². The molecule has 2 heterocycles. The van der Waals surface area contributed by atoms with Gasteiger partial charge in [0.15, 0.2) is 9.84 Å². The Hall–Kier alpha value is -1.70. The zero-order valence-electron chi connectivity index (χ0n) is 10.5. The van der Waals surface area contributed by atoms with Gasteiger partial charge in [-0.1, -0.05) is 13.8 Å². The van der Waals surface area contributed by atoms with Gasteiger partial charge in [-0.2, -0.15) is 0 Å². The molecule has 0 aromatic carbocycles. The molecule has 0 bridgehead atoms. The van der Waals surface area contributed by atoms with Crippen molar-refractivity contribution in [3.63, 3.8) is 0 Å². The second kappa shape index (κ2) is 4.44. The third kappa shape index (κ3) is 2.40. The predicted molar refractivity (Wildman–Crippen MR) is 65.4 cm³/mol. The van der Waals surface area contributed by atoms with E-state index in [0.717, 1.165) is 10.3 Å². The van der Waals surface area contributed by atoms with Crippen molar-refractivity contribution in [3.05, 3.63) is 11.5 Å². The molecule has 8 heteroatoms. The molecule has 19 heavy (non-hydrogen) atoms. The molecule has 1 fully saturated rings. The Balaban J connectivity index is 2.30. The predicted octanol–water partition coefficient (Wildman–Crippen LogP) is -0.352. The molecular weight excluding hydrogens is 272 g/mol. The third-order valence-corrected chi connectivity index (χ3v) is 4.52. The third-order valence-electron chi connectivity index (χ3n) is 3.14. The lowest BCUT2D eigenvalue weighted by molar-refractivity contribution is -0.145. The highest BCUT2D eigenvalue weighted by molar-refractivity contribution is 7.94. The van der Waals surface area contributed by atoms with E-state index in [9.17, 15) is 22.8 Å². The molecular formula is C11H14N2O5S. The van der Waals surface area contributed by atoms with Crippen molar-refractivity contribution in [3.8, 4) is 0 Å². The molecule has 0 aliphatic carbocycles. The quantitative estimate of drug-likeness (QED) is 0.699. The molecule has 4 amide bonds. The highest BCUT2D eigenvalue weighted by Crippen LogP contribution is 2.24. The summed E-state index contributed by atoms with van der Waals surface area (Å²) in [5.74, 6) is -2.84. The first-order chi connectivity index (χ1) is 8.73. The Bertz CT molecular complexity index is 578. The number of hydrogen-bond donors (Lipinski definition) is 1. The Morgan fingerprint density at radius 2 is 1.95 bits per heavy atom. The van der Waals surface area contributed by atoms with Gasteiger partial charge >= 0.3 is 6.03 Å². The standard InChI is InChI=1S/C11H14N2O5S/c1-6(2)8-9(14)12-11(16)13(10(8)15)7-3-4-19(17,18)5-7/h3-4,6-8H,5H2,1-2H3,(H,12,14,16). The lowest BCUT2D eigenvalue weighted by Crippen LogP contribution is -2.62. The molecule has 0 spiro atoms. The average molecular weight is 286 g/mol. The fourth-order valence-corrected chi connectivity index (χ4v) is 3.50. The Morgan fingerprint density at radius 3 is 2.42 bits per heavy atom. The highest BCUT2D eigenvalue weighted by atomic mass is 32.2. The van der Waals surface area contributed by atoms with E-state index in [0.29, 0.717) is 0 Å². The summed E-state index contributed by atoms with van der Waals surface area (Å²) in [6, 6.07) is -1.70. The van der Waals surface area contributed by atoms with Crippen LogP contribution < -0.4 is 5.32 Å². The second-order valence-corrected chi connectivity index (χ2v) is 6.88. The van der Waals surface area contributed by atoms with Crippen LogP contribution in [0.15, 0.2) is 11.5 Å². The fraction of sp³-hybridized carbons (Fsp3) is 0.545. The maximum absolute atomic E-state index is 12.2. The van der Waals surface area contributed by atoms with Crippen LogP contribution in [-0.4, -0.2) is 43.0 Å². The zero-order chi connectivity index (χ0) is 14.4. The summed E-state index contributed by atoms with van der Waals surface area (Å²) < 4.78 is 22.7. The highest BCUT2D eigenvalue weighted by Gasteiger charge is 2.46. The van der Waals surface area contributed by atoms with Crippen LogP contribution in [0.5, 0.6) is 0 Å². The summed E-state index contributed by atoms with van der Waals surface area (Å²) >= 11 is 0. The first-order valence-electron chi connectivity index (χ1n) is 5.82. The number of carbonyl (C=O) groups is 3. The van der Waals surface area contributed by atoms with Crippen molar-refractivity contribution in [2.45, 2.75) is 19.9 Å². The topological polar surface area (TPSA) is 101 Å². The molecule has 0 radical (unpaired) electrons. The Labute approximate surface area is 110 Å². The van der Waals surface area contributed by atoms with Gasteiger partial charge in [0.05, 0.1) is 11.8 Å². The van der Waals surface area contributed by atoms with Gasteiger partial charge < -0.3 is 0 Å². The smallest absolute Gasteiger partial charge is 0.277 e. The number of imide groups is 2. The minimum absolute atomic E-state index is 0.273. The van der Waals surface area contributed by atoms with Crippen LogP contribution >= 0.6 is 0 Å². The van der Waals surface area contributed by atoms with Crippen LogP contribution in [0.4, 0.5) is 4.79 Å². The van der Waals surface area contributed by atoms with Gasteiger partial charge in [-0.25, -0.2) is 13.2 Å². The number of urea groups is 1. The Morgan fingerprint density at radius 1 is 1.32 bits per heavy atom. The number of sulfone groups is 1. The molecule has 104 valence electrons. The van der Waals surface area contributed by atoms with Crippen LogP contribution in [0.25, 0.3) is 0 Å². The molecule has 2 aliphatic rings. The van der Waals surface area contributed by atoms with Crippen LogP contribution in [-0.2, 0) is 19.4 Å². The maximum atomic E-state index is 12.2. The Kier molecular flexibility index (Phi) is 3.21. The lowest BCUT2D eigenvalue weighted by atomic mass is 9.91. The van der Waals surface area contributed by atoms with E-state index < -0.39 is 39.6 Å². The summed E-state index contributed by atoms with van der Waals surface area (Å²) in [5, 5.41) is 3.08. The van der Waals surface area contributed by atoms with Crippen LogP contribution in [0, 0.1) is 11.8 Å². The van der Waals surface area contributed by atoms with E-state index in [-0.39, 0.29) is 11.7 Å². The van der Waals surface area contributed by atoms with E-state index in [1.165, 1.54) is 6.08 Å². The summed E-state index contributed by atoms with van der Waals surface area (Å²) in [7, 11) is -3.38. The van der Waals surface area contributed by atoms with Gasteiger partial charge in [-0.15, -0.1) is 0 Å². The zero-order valence-corrected chi connectivity index (χ0v) is 11.3. The van der Waals surface area contributed by atoms with Gasteiger partial charge in [0.25, 0.3) is 0 Å². The number of rotatable bonds is 2. The van der Waals surface area contributed by atoms with Crippen LogP contribution in [0.1, 0.15) is 13.8 Å². The number of amides is 4. The van der Waals surface area contributed by atoms with Crippen molar-refractivity contribution in [2.24, 2.45) is 11.8 Å². The molecule has 2 aliphatic heterocycles. The minimum Gasteiger partial charge on any atom is -0.277 e. The first-order valence-corrected chi connectivity index (χ1v) is 7.53. The normalized spacial score (nSPS) is 30.1. The number of barbiturate groups is 1. The molecule has 0 saturated carbocycles. The van der Waals surface area contributed by atoms with Crippen molar-refractivity contribution >= 4 is 27.7 Å². The van der Waals surface area contributed by atoms with Gasteiger partial charge in [0.1, 0.15) is 5.92 Å². The molecule has 0 aromatic rings. The van der Waals surface area contributed by atoms with Crippen molar-refractivity contribution in [1.29, 1.82) is 0 Å². The van der Waals surface area contributed by atoms with Gasteiger partial charge in [-0.05, 0) is 12.0 Å². The number of nitrogens with zero attached hydrogens (tertiary/aromatic N) is 1. The van der Waals surface area contributed by atoms with E-state index >= 15 is 0 Å². The lowest BCUT2D eigenvalue weighted by Gasteiger charge is -2.34. The second-order valence-electron chi connectivity index (χ2n) is 4.95. The number of carbonyl (C=O) groups excluding carboxylic acids is 3. The molecule has 7 nitrogen and oxygen atoms in total. The van der Waals surface area contributed by atoms with E-state index in [2.05, 4.69) is 5.32 Å². The van der Waals surface area contributed by atoms with Crippen molar-refractivity contribution in [2.75, 3.05) is 5.75 Å². The summed E-state index contributed by atoms with van der Waals surface area (Å²) in [5.41, 5.74) is 0. The number of nitrogens with one attached hydrogen (secondary N) is 1. The van der Waals surface area contributed by atoms with Gasteiger partial charge in [0, 0.05) is 5.41 Å². The van der Waals surface area contributed by atoms with Crippen LogP contribution in [0.2, 0.25) is 0 Å². The maximum Gasteiger partial charge on any atom is 0.331 e.